The zero-order valence-electron chi connectivity index (χ0n) is 14.1. The van der Waals surface area contributed by atoms with Gasteiger partial charge in [-0.1, -0.05) is 31.2 Å². The lowest BCUT2D eigenvalue weighted by Gasteiger charge is -2.31. The number of carbonyl (C=O) groups excluding carboxylic acids is 1. The number of ether oxygens (including phenoxy) is 1. The third-order valence-electron chi connectivity index (χ3n) is 4.90. The predicted octanol–water partition coefficient (Wildman–Crippen LogP) is 1.86. The van der Waals surface area contributed by atoms with E-state index in [0.717, 1.165) is 32.6 Å². The number of likely N-dealkylation sites (tertiary alicyclic amines) is 1. The average molecular weight is 317 g/mol. The van der Waals surface area contributed by atoms with E-state index in [1.165, 1.54) is 11.1 Å². The maximum absolute atomic E-state index is 12.6. The molecule has 0 radical (unpaired) electrons. The van der Waals surface area contributed by atoms with Gasteiger partial charge >= 0.3 is 6.03 Å². The van der Waals surface area contributed by atoms with Crippen LogP contribution in [0, 0.1) is 0 Å². The van der Waals surface area contributed by atoms with Gasteiger partial charge in [0.25, 0.3) is 0 Å². The van der Waals surface area contributed by atoms with E-state index in [4.69, 9.17) is 4.74 Å². The molecule has 23 heavy (non-hydrogen) atoms. The first kappa shape index (κ1) is 16.3. The summed E-state index contributed by atoms with van der Waals surface area (Å²) in [6.07, 6.45) is 1.03. The molecule has 1 aromatic carbocycles. The number of hydrogen-bond acceptors (Lipinski definition) is 3. The van der Waals surface area contributed by atoms with E-state index in [9.17, 15) is 4.79 Å². The Bertz CT molecular complexity index is 549. The third-order valence-corrected chi connectivity index (χ3v) is 4.90. The van der Waals surface area contributed by atoms with Gasteiger partial charge in [0.2, 0.25) is 0 Å². The molecule has 0 aromatic heterocycles. The first-order valence-electron chi connectivity index (χ1n) is 8.67. The van der Waals surface area contributed by atoms with Crippen LogP contribution in [0.25, 0.3) is 0 Å². The molecule has 2 amide bonds. The molecular formula is C18H27N3O2. The fourth-order valence-electron chi connectivity index (χ4n) is 3.55. The second-order valence-electron chi connectivity index (χ2n) is 6.34. The van der Waals surface area contributed by atoms with Gasteiger partial charge in [-0.25, -0.2) is 4.79 Å². The van der Waals surface area contributed by atoms with Crippen molar-refractivity contribution in [3.05, 3.63) is 35.4 Å². The van der Waals surface area contributed by atoms with Gasteiger partial charge in [0, 0.05) is 32.8 Å². The molecule has 1 fully saturated rings. The number of benzene rings is 1. The molecule has 0 spiro atoms. The van der Waals surface area contributed by atoms with Crippen molar-refractivity contribution in [1.29, 1.82) is 0 Å². The first-order valence-corrected chi connectivity index (χ1v) is 8.67. The summed E-state index contributed by atoms with van der Waals surface area (Å²) in [4.78, 5) is 16.9. The third kappa shape index (κ3) is 3.67. The van der Waals surface area contributed by atoms with Crippen LogP contribution >= 0.6 is 0 Å². The zero-order chi connectivity index (χ0) is 16.2. The summed E-state index contributed by atoms with van der Waals surface area (Å²) in [5.41, 5.74) is 2.62. The van der Waals surface area contributed by atoms with Crippen LogP contribution in [-0.2, 0) is 17.7 Å². The highest BCUT2D eigenvalue weighted by Crippen LogP contribution is 2.19. The number of rotatable bonds is 4. The fraction of sp³-hybridized carbons (Fsp3) is 0.611. The molecule has 5 nitrogen and oxygen atoms in total. The van der Waals surface area contributed by atoms with Gasteiger partial charge in [0.15, 0.2) is 0 Å². The number of nitrogens with zero attached hydrogens (tertiary/aromatic N) is 2. The van der Waals surface area contributed by atoms with Crippen molar-refractivity contribution >= 4 is 6.03 Å². The second-order valence-corrected chi connectivity index (χ2v) is 6.34. The Balaban J connectivity index is 1.60. The second kappa shape index (κ2) is 7.32. The summed E-state index contributed by atoms with van der Waals surface area (Å²) < 4.78 is 5.82. The Morgan fingerprint density at radius 3 is 2.78 bits per heavy atom. The van der Waals surface area contributed by atoms with Crippen LogP contribution in [0.3, 0.4) is 0 Å². The molecule has 0 unspecified atom stereocenters. The molecule has 0 saturated carbocycles. The summed E-state index contributed by atoms with van der Waals surface area (Å²) >= 11 is 0. The van der Waals surface area contributed by atoms with Crippen molar-refractivity contribution in [1.82, 2.24) is 15.1 Å². The summed E-state index contributed by atoms with van der Waals surface area (Å²) in [7, 11) is 0. The Morgan fingerprint density at radius 2 is 2.04 bits per heavy atom. The van der Waals surface area contributed by atoms with Gasteiger partial charge in [-0.05, 0) is 31.0 Å². The summed E-state index contributed by atoms with van der Waals surface area (Å²) in [5.74, 6) is 0. The van der Waals surface area contributed by atoms with E-state index in [2.05, 4.69) is 35.3 Å². The Morgan fingerprint density at radius 1 is 1.26 bits per heavy atom. The Kier molecular flexibility index (Phi) is 5.18. The lowest BCUT2D eigenvalue weighted by atomic mass is 10.0. The average Bonchev–Trinajstić information content (AvgIpc) is 2.96. The molecule has 5 heteroatoms. The predicted molar refractivity (Wildman–Crippen MR) is 90.4 cm³/mol. The van der Waals surface area contributed by atoms with Crippen LogP contribution in [0.5, 0.6) is 0 Å². The topological polar surface area (TPSA) is 44.8 Å². The van der Waals surface area contributed by atoms with Crippen LogP contribution in [0.1, 0.15) is 25.0 Å². The SMILES string of the molecule is CCO[C@H]1CN(CC)C[C@@H]1NC(=O)N1CCc2ccccc2C1. The number of likely N-dealkylation sites (N-methyl/N-ethyl adjacent to an activating group) is 1. The molecule has 2 aliphatic rings. The van der Waals surface area contributed by atoms with Crippen molar-refractivity contribution in [2.45, 2.75) is 39.0 Å². The number of amides is 2. The first-order chi connectivity index (χ1) is 11.2. The monoisotopic (exact) mass is 317 g/mol. The van der Waals surface area contributed by atoms with E-state index < -0.39 is 0 Å². The molecular weight excluding hydrogens is 290 g/mol. The molecule has 1 saturated heterocycles. The Labute approximate surface area is 138 Å². The summed E-state index contributed by atoms with van der Waals surface area (Å²) in [6, 6.07) is 8.50. The fourth-order valence-corrected chi connectivity index (χ4v) is 3.55. The van der Waals surface area contributed by atoms with Crippen molar-refractivity contribution < 1.29 is 9.53 Å². The summed E-state index contributed by atoms with van der Waals surface area (Å²) in [5, 5.41) is 3.20. The quantitative estimate of drug-likeness (QED) is 0.922. The number of hydrogen-bond donors (Lipinski definition) is 1. The molecule has 1 N–H and O–H groups in total. The number of nitrogens with one attached hydrogen (secondary N) is 1. The largest absolute Gasteiger partial charge is 0.375 e. The maximum atomic E-state index is 12.6. The number of urea groups is 1. The van der Waals surface area contributed by atoms with Crippen LogP contribution in [0.4, 0.5) is 4.79 Å². The highest BCUT2D eigenvalue weighted by molar-refractivity contribution is 5.75. The van der Waals surface area contributed by atoms with Crippen LogP contribution in [0.2, 0.25) is 0 Å². The van der Waals surface area contributed by atoms with E-state index >= 15 is 0 Å². The van der Waals surface area contributed by atoms with Crippen molar-refractivity contribution in [2.24, 2.45) is 0 Å². The molecule has 126 valence electrons. The van der Waals surface area contributed by atoms with Gasteiger partial charge in [0.05, 0.1) is 12.1 Å². The van der Waals surface area contributed by atoms with E-state index in [1.54, 1.807) is 0 Å². The van der Waals surface area contributed by atoms with Gasteiger partial charge in [-0.15, -0.1) is 0 Å². The molecule has 3 rings (SSSR count). The van der Waals surface area contributed by atoms with Gasteiger partial charge in [-0.2, -0.15) is 0 Å². The lowest BCUT2D eigenvalue weighted by Crippen LogP contribution is -2.50. The minimum atomic E-state index is 0.0344. The normalized spacial score (nSPS) is 24.5. The molecule has 2 atom stereocenters. The van der Waals surface area contributed by atoms with E-state index in [1.807, 2.05) is 17.9 Å². The van der Waals surface area contributed by atoms with Gasteiger partial charge < -0.3 is 15.0 Å². The Hall–Kier alpha value is -1.59. The summed E-state index contributed by atoms with van der Waals surface area (Å²) in [6.45, 7) is 9.09. The van der Waals surface area contributed by atoms with E-state index in [-0.39, 0.29) is 18.2 Å². The van der Waals surface area contributed by atoms with E-state index in [0.29, 0.717) is 13.2 Å². The van der Waals surface area contributed by atoms with Crippen molar-refractivity contribution in [3.8, 4) is 0 Å². The minimum Gasteiger partial charge on any atom is -0.375 e. The highest BCUT2D eigenvalue weighted by atomic mass is 16.5. The highest BCUT2D eigenvalue weighted by Gasteiger charge is 2.34. The zero-order valence-corrected chi connectivity index (χ0v) is 14.1. The van der Waals surface area contributed by atoms with Crippen LogP contribution < -0.4 is 5.32 Å². The molecule has 2 heterocycles. The lowest BCUT2D eigenvalue weighted by molar-refractivity contribution is 0.0538. The molecule has 0 bridgehead atoms. The molecule has 0 aliphatic carbocycles. The molecule has 2 aliphatic heterocycles. The van der Waals surface area contributed by atoms with Crippen LogP contribution in [0.15, 0.2) is 24.3 Å². The van der Waals surface area contributed by atoms with Gasteiger partial charge in [-0.3, -0.25) is 4.90 Å². The maximum Gasteiger partial charge on any atom is 0.318 e. The van der Waals surface area contributed by atoms with Gasteiger partial charge in [0.1, 0.15) is 0 Å². The smallest absolute Gasteiger partial charge is 0.318 e. The minimum absolute atomic E-state index is 0.0344. The standard InChI is InChI=1S/C18H27N3O2/c1-3-20-12-16(17(13-20)23-4-2)19-18(22)21-10-9-14-7-5-6-8-15(14)11-21/h5-8,16-17H,3-4,9-13H2,1-2H3,(H,19,22)/t16-,17-/m0/s1. The number of fused-ring (bicyclic) bond motifs is 1. The number of carbonyl (C=O) groups is 1. The van der Waals surface area contributed by atoms with Crippen molar-refractivity contribution in [2.75, 3.05) is 32.8 Å². The van der Waals surface area contributed by atoms with Crippen LogP contribution in [-0.4, -0.2) is 60.8 Å². The van der Waals surface area contributed by atoms with Crippen molar-refractivity contribution in [3.63, 3.8) is 0 Å². The molecule has 1 aromatic rings.